The second kappa shape index (κ2) is 6.39. The third-order valence-corrected chi connectivity index (χ3v) is 3.16. The molecule has 5 nitrogen and oxygen atoms in total. The number of esters is 1. The van der Waals surface area contributed by atoms with E-state index in [2.05, 4.69) is 5.10 Å². The molecule has 0 bridgehead atoms. The molecule has 0 aliphatic carbocycles. The van der Waals surface area contributed by atoms with Gasteiger partial charge >= 0.3 is 5.97 Å². The Morgan fingerprint density at radius 1 is 1.38 bits per heavy atom. The quantitative estimate of drug-likeness (QED) is 0.679. The summed E-state index contributed by atoms with van der Waals surface area (Å²) >= 11 is 0. The second-order valence-corrected chi connectivity index (χ2v) is 4.61. The number of aryl methyl sites for hydroxylation is 2. The van der Waals surface area contributed by atoms with Gasteiger partial charge in [0.15, 0.2) is 0 Å². The first-order valence-electron chi connectivity index (χ1n) is 6.82. The molecule has 0 fully saturated rings. The van der Waals surface area contributed by atoms with Crippen molar-refractivity contribution in [2.24, 2.45) is 0 Å². The summed E-state index contributed by atoms with van der Waals surface area (Å²) in [7, 11) is 0. The number of nitrogens with two attached hydrogens (primary N) is 1. The van der Waals surface area contributed by atoms with Crippen molar-refractivity contribution in [3.63, 3.8) is 0 Å². The van der Waals surface area contributed by atoms with Gasteiger partial charge in [-0.25, -0.2) is 9.18 Å². The van der Waals surface area contributed by atoms with Gasteiger partial charge in [0.1, 0.15) is 12.4 Å². The van der Waals surface area contributed by atoms with Crippen LogP contribution in [0.2, 0.25) is 0 Å². The number of carbonyl (C=O) groups is 1. The fourth-order valence-corrected chi connectivity index (χ4v) is 1.95. The molecule has 6 heteroatoms. The topological polar surface area (TPSA) is 70.1 Å². The second-order valence-electron chi connectivity index (χ2n) is 4.61. The van der Waals surface area contributed by atoms with E-state index in [9.17, 15) is 9.18 Å². The minimum Gasteiger partial charge on any atom is -0.456 e. The maximum Gasteiger partial charge on any atom is 0.338 e. The molecule has 0 atom stereocenters. The first-order chi connectivity index (χ1) is 10.0. The minimum atomic E-state index is -0.628. The van der Waals surface area contributed by atoms with E-state index in [-0.39, 0.29) is 17.9 Å². The molecule has 1 aromatic carbocycles. The van der Waals surface area contributed by atoms with Gasteiger partial charge in [-0.1, -0.05) is 6.92 Å². The Kier molecular flexibility index (Phi) is 4.57. The van der Waals surface area contributed by atoms with Crippen LogP contribution >= 0.6 is 0 Å². The number of rotatable bonds is 5. The van der Waals surface area contributed by atoms with Crippen LogP contribution in [-0.2, 0) is 24.3 Å². The summed E-state index contributed by atoms with van der Waals surface area (Å²) in [6.45, 7) is 4.78. The van der Waals surface area contributed by atoms with E-state index in [1.54, 1.807) is 4.68 Å². The normalized spacial score (nSPS) is 10.6. The molecule has 0 aliphatic rings. The number of ether oxygens (including phenoxy) is 1. The van der Waals surface area contributed by atoms with Gasteiger partial charge in [0.2, 0.25) is 0 Å². The lowest BCUT2D eigenvalue weighted by Crippen LogP contribution is -2.10. The molecule has 0 aliphatic heterocycles. The summed E-state index contributed by atoms with van der Waals surface area (Å²) in [5, 5.41) is 4.37. The van der Waals surface area contributed by atoms with Crippen LogP contribution < -0.4 is 5.73 Å². The standard InChI is InChI=1S/C15H18FN3O2/c1-3-11-8-12(19(4-2)18-11)9-21-15(20)10-5-6-14(17)13(16)7-10/h5-8H,3-4,9,17H2,1-2H3. The van der Waals surface area contributed by atoms with Crippen LogP contribution in [-0.4, -0.2) is 15.7 Å². The van der Waals surface area contributed by atoms with Gasteiger partial charge < -0.3 is 10.5 Å². The Labute approximate surface area is 122 Å². The number of hydrogen-bond donors (Lipinski definition) is 1. The molecule has 0 amide bonds. The van der Waals surface area contributed by atoms with Gasteiger partial charge in [-0.05, 0) is 37.6 Å². The fraction of sp³-hybridized carbons (Fsp3) is 0.333. The number of nitrogen functional groups attached to an aromatic ring is 1. The Hall–Kier alpha value is -2.37. The molecule has 1 aromatic heterocycles. The summed E-state index contributed by atoms with van der Waals surface area (Å²) in [4.78, 5) is 11.9. The lowest BCUT2D eigenvalue weighted by molar-refractivity contribution is 0.0462. The zero-order chi connectivity index (χ0) is 15.4. The van der Waals surface area contributed by atoms with Crippen molar-refractivity contribution in [1.82, 2.24) is 9.78 Å². The molecule has 21 heavy (non-hydrogen) atoms. The highest BCUT2D eigenvalue weighted by molar-refractivity contribution is 5.89. The van der Waals surface area contributed by atoms with Crippen LogP contribution in [0.4, 0.5) is 10.1 Å². The molecule has 1 heterocycles. The lowest BCUT2D eigenvalue weighted by atomic mass is 10.2. The van der Waals surface area contributed by atoms with Gasteiger partial charge in [0.25, 0.3) is 0 Å². The maximum absolute atomic E-state index is 13.3. The first-order valence-corrected chi connectivity index (χ1v) is 6.82. The summed E-state index contributed by atoms with van der Waals surface area (Å²) in [6.07, 6.45) is 0.817. The van der Waals surface area contributed by atoms with Gasteiger partial charge in [-0.2, -0.15) is 5.10 Å². The summed E-state index contributed by atoms with van der Waals surface area (Å²) in [6, 6.07) is 5.76. The monoisotopic (exact) mass is 291 g/mol. The molecule has 0 radical (unpaired) electrons. The number of nitrogens with zero attached hydrogens (tertiary/aromatic N) is 2. The number of benzene rings is 1. The van der Waals surface area contributed by atoms with Crippen LogP contribution in [0.3, 0.4) is 0 Å². The van der Waals surface area contributed by atoms with Crippen molar-refractivity contribution in [2.75, 3.05) is 5.73 Å². The third kappa shape index (κ3) is 3.39. The van der Waals surface area contributed by atoms with Crippen LogP contribution in [0, 0.1) is 5.82 Å². The number of anilines is 1. The minimum absolute atomic E-state index is 0.00296. The highest BCUT2D eigenvalue weighted by Gasteiger charge is 2.12. The number of aromatic nitrogens is 2. The van der Waals surface area contributed by atoms with Gasteiger partial charge in [0, 0.05) is 6.54 Å². The van der Waals surface area contributed by atoms with E-state index in [4.69, 9.17) is 10.5 Å². The predicted molar refractivity (Wildman–Crippen MR) is 77.2 cm³/mol. The SMILES string of the molecule is CCc1cc(COC(=O)c2ccc(N)c(F)c2)n(CC)n1. The number of hydrogen-bond acceptors (Lipinski definition) is 4. The van der Waals surface area contributed by atoms with Crippen molar-refractivity contribution < 1.29 is 13.9 Å². The summed E-state index contributed by atoms with van der Waals surface area (Å²) < 4.78 is 20.3. The Morgan fingerprint density at radius 2 is 2.14 bits per heavy atom. The van der Waals surface area contributed by atoms with E-state index in [0.29, 0.717) is 6.54 Å². The maximum atomic E-state index is 13.3. The Balaban J connectivity index is 2.06. The first kappa shape index (κ1) is 15.0. The number of halogens is 1. The highest BCUT2D eigenvalue weighted by Crippen LogP contribution is 2.14. The van der Waals surface area contributed by atoms with E-state index in [0.717, 1.165) is 23.9 Å². The van der Waals surface area contributed by atoms with Gasteiger partial charge in [-0.15, -0.1) is 0 Å². The molecular weight excluding hydrogens is 273 g/mol. The fourth-order valence-electron chi connectivity index (χ4n) is 1.95. The van der Waals surface area contributed by atoms with Crippen molar-refractivity contribution in [3.8, 4) is 0 Å². The lowest BCUT2D eigenvalue weighted by Gasteiger charge is -2.07. The summed E-state index contributed by atoms with van der Waals surface area (Å²) in [5.41, 5.74) is 7.28. The predicted octanol–water partition coefficient (Wildman–Crippen LogP) is 2.54. The van der Waals surface area contributed by atoms with E-state index >= 15 is 0 Å². The van der Waals surface area contributed by atoms with E-state index in [1.165, 1.54) is 12.1 Å². The molecule has 0 saturated heterocycles. The summed E-state index contributed by atoms with van der Waals surface area (Å²) in [5.74, 6) is -1.22. The average molecular weight is 291 g/mol. The number of carbonyl (C=O) groups excluding carboxylic acids is 1. The molecule has 112 valence electrons. The molecule has 0 spiro atoms. The van der Waals surface area contributed by atoms with E-state index in [1.807, 2.05) is 19.9 Å². The Morgan fingerprint density at radius 3 is 2.76 bits per heavy atom. The largest absolute Gasteiger partial charge is 0.456 e. The smallest absolute Gasteiger partial charge is 0.338 e. The van der Waals surface area contributed by atoms with Crippen LogP contribution in [0.25, 0.3) is 0 Å². The van der Waals surface area contributed by atoms with E-state index < -0.39 is 11.8 Å². The molecule has 2 rings (SSSR count). The molecular formula is C15H18FN3O2. The zero-order valence-corrected chi connectivity index (χ0v) is 12.1. The third-order valence-electron chi connectivity index (χ3n) is 3.16. The van der Waals surface area contributed by atoms with Crippen LogP contribution in [0.5, 0.6) is 0 Å². The average Bonchev–Trinajstić information content (AvgIpc) is 2.90. The van der Waals surface area contributed by atoms with Crippen molar-refractivity contribution >= 4 is 11.7 Å². The molecule has 2 aromatic rings. The van der Waals surface area contributed by atoms with Crippen LogP contribution in [0.1, 0.15) is 35.6 Å². The molecule has 0 saturated carbocycles. The van der Waals surface area contributed by atoms with Gasteiger partial charge in [-0.3, -0.25) is 4.68 Å². The molecule has 2 N–H and O–H groups in total. The highest BCUT2D eigenvalue weighted by atomic mass is 19.1. The van der Waals surface area contributed by atoms with Crippen molar-refractivity contribution in [1.29, 1.82) is 0 Å². The molecule has 0 unspecified atom stereocenters. The van der Waals surface area contributed by atoms with Gasteiger partial charge in [0.05, 0.1) is 22.6 Å². The van der Waals surface area contributed by atoms with Crippen LogP contribution in [0.15, 0.2) is 24.3 Å². The zero-order valence-electron chi connectivity index (χ0n) is 12.1. The van der Waals surface area contributed by atoms with Crippen molar-refractivity contribution in [3.05, 3.63) is 47.0 Å². The van der Waals surface area contributed by atoms with Crippen molar-refractivity contribution in [2.45, 2.75) is 33.4 Å². The Bertz CT molecular complexity index is 652.